The van der Waals surface area contributed by atoms with Crippen LogP contribution >= 0.6 is 11.3 Å². The first-order chi connectivity index (χ1) is 14.7. The molecule has 9 heteroatoms. The number of hydrogen-bond acceptors (Lipinski definition) is 8. The van der Waals surface area contributed by atoms with Gasteiger partial charge in [-0.25, -0.2) is 19.3 Å². The van der Waals surface area contributed by atoms with Gasteiger partial charge >= 0.3 is 11.9 Å². The van der Waals surface area contributed by atoms with Crippen LogP contribution in [0, 0.1) is 0 Å². The average molecular weight is 423 g/mol. The van der Waals surface area contributed by atoms with Gasteiger partial charge in [-0.1, -0.05) is 18.2 Å². The largest absolute Gasteiger partial charge is 0.463 e. The Morgan fingerprint density at radius 1 is 1.10 bits per heavy atom. The molecule has 0 aliphatic carbocycles. The minimum Gasteiger partial charge on any atom is -0.463 e. The highest BCUT2D eigenvalue weighted by Crippen LogP contribution is 2.23. The Bertz CT molecular complexity index is 1150. The van der Waals surface area contributed by atoms with Crippen molar-refractivity contribution in [2.75, 3.05) is 6.61 Å². The molecule has 0 radical (unpaired) electrons. The number of rotatable bonds is 7. The minimum atomic E-state index is -0.574. The predicted octanol–water partition coefficient (Wildman–Crippen LogP) is 4.12. The SMILES string of the molecule is CCOC(=O)c1nc(COC(=O)c2cc(-c3ccco3)nn2-c2ccccc2)cs1. The zero-order valence-corrected chi connectivity index (χ0v) is 16.8. The van der Waals surface area contributed by atoms with E-state index in [9.17, 15) is 9.59 Å². The Hall–Kier alpha value is -3.72. The Labute approximate surface area is 175 Å². The van der Waals surface area contributed by atoms with Crippen LogP contribution in [0.5, 0.6) is 0 Å². The van der Waals surface area contributed by atoms with E-state index in [1.54, 1.807) is 30.5 Å². The summed E-state index contributed by atoms with van der Waals surface area (Å²) >= 11 is 1.14. The van der Waals surface area contributed by atoms with Crippen LogP contribution in [0.2, 0.25) is 0 Å². The van der Waals surface area contributed by atoms with Gasteiger partial charge in [0.1, 0.15) is 12.3 Å². The lowest BCUT2D eigenvalue weighted by Crippen LogP contribution is -2.12. The van der Waals surface area contributed by atoms with E-state index in [-0.39, 0.29) is 23.9 Å². The summed E-state index contributed by atoms with van der Waals surface area (Å²) < 4.78 is 17.2. The molecule has 3 aromatic heterocycles. The van der Waals surface area contributed by atoms with Crippen molar-refractivity contribution < 1.29 is 23.5 Å². The van der Waals surface area contributed by atoms with Crippen molar-refractivity contribution in [2.45, 2.75) is 13.5 Å². The van der Waals surface area contributed by atoms with Crippen LogP contribution in [-0.2, 0) is 16.1 Å². The molecule has 0 unspecified atom stereocenters. The molecule has 0 aliphatic heterocycles. The molecule has 152 valence electrons. The van der Waals surface area contributed by atoms with Crippen molar-refractivity contribution in [1.29, 1.82) is 0 Å². The monoisotopic (exact) mass is 423 g/mol. The highest BCUT2D eigenvalue weighted by Gasteiger charge is 2.21. The van der Waals surface area contributed by atoms with Gasteiger partial charge in [-0.15, -0.1) is 11.3 Å². The van der Waals surface area contributed by atoms with Gasteiger partial charge < -0.3 is 13.9 Å². The first kappa shape index (κ1) is 19.6. The molecule has 8 nitrogen and oxygen atoms in total. The van der Waals surface area contributed by atoms with Crippen LogP contribution in [0.1, 0.15) is 32.9 Å². The molecule has 1 aromatic carbocycles. The van der Waals surface area contributed by atoms with Crippen molar-refractivity contribution in [3.05, 3.63) is 76.6 Å². The number of esters is 2. The van der Waals surface area contributed by atoms with Crippen molar-refractivity contribution in [1.82, 2.24) is 14.8 Å². The standard InChI is InChI=1S/C21H17N3O5S/c1-2-27-21(26)19-22-14(13-30-19)12-29-20(25)17-11-16(18-9-6-10-28-18)23-24(17)15-7-4-3-5-8-15/h3-11,13H,2,12H2,1H3. The summed E-state index contributed by atoms with van der Waals surface area (Å²) in [5.41, 5.74) is 1.93. The first-order valence-corrected chi connectivity index (χ1v) is 10.0. The molecule has 3 heterocycles. The number of carbonyl (C=O) groups is 2. The molecular weight excluding hydrogens is 406 g/mol. The van der Waals surface area contributed by atoms with Gasteiger partial charge in [-0.05, 0) is 31.2 Å². The van der Waals surface area contributed by atoms with E-state index in [2.05, 4.69) is 10.1 Å². The third-order valence-electron chi connectivity index (χ3n) is 4.05. The number of ether oxygens (including phenoxy) is 2. The zero-order valence-electron chi connectivity index (χ0n) is 16.0. The summed E-state index contributed by atoms with van der Waals surface area (Å²) in [6.45, 7) is 1.91. The second-order valence-electron chi connectivity index (χ2n) is 6.08. The molecule has 0 saturated carbocycles. The molecular formula is C21H17N3O5S. The van der Waals surface area contributed by atoms with Crippen LogP contribution < -0.4 is 0 Å². The van der Waals surface area contributed by atoms with E-state index in [1.807, 2.05) is 30.3 Å². The normalized spacial score (nSPS) is 10.7. The Balaban J connectivity index is 1.55. The Morgan fingerprint density at radius 3 is 2.67 bits per heavy atom. The highest BCUT2D eigenvalue weighted by molar-refractivity contribution is 7.11. The quantitative estimate of drug-likeness (QED) is 0.413. The van der Waals surface area contributed by atoms with Gasteiger partial charge in [0, 0.05) is 11.4 Å². The van der Waals surface area contributed by atoms with E-state index < -0.39 is 11.9 Å². The number of aromatic nitrogens is 3. The number of para-hydroxylation sites is 1. The molecule has 0 bridgehead atoms. The molecule has 0 amide bonds. The molecule has 0 atom stereocenters. The molecule has 0 N–H and O–H groups in total. The first-order valence-electron chi connectivity index (χ1n) is 9.13. The van der Waals surface area contributed by atoms with Gasteiger partial charge in [-0.3, -0.25) is 0 Å². The average Bonchev–Trinajstić information content (AvgIpc) is 3.53. The lowest BCUT2D eigenvalue weighted by Gasteiger charge is -2.07. The molecule has 0 fully saturated rings. The van der Waals surface area contributed by atoms with Crippen LogP contribution in [0.4, 0.5) is 0 Å². The maximum Gasteiger partial charge on any atom is 0.367 e. The molecule has 0 saturated heterocycles. The van der Waals surface area contributed by atoms with Crippen LogP contribution in [-0.4, -0.2) is 33.3 Å². The predicted molar refractivity (Wildman–Crippen MR) is 108 cm³/mol. The minimum absolute atomic E-state index is 0.0786. The van der Waals surface area contributed by atoms with E-state index in [1.165, 1.54) is 10.9 Å². The lowest BCUT2D eigenvalue weighted by molar-refractivity contribution is 0.0457. The third-order valence-corrected chi connectivity index (χ3v) is 4.92. The fraction of sp³-hybridized carbons (Fsp3) is 0.143. The number of furan rings is 1. The zero-order chi connectivity index (χ0) is 20.9. The van der Waals surface area contributed by atoms with Gasteiger partial charge in [-0.2, -0.15) is 5.10 Å². The van der Waals surface area contributed by atoms with Crippen molar-refractivity contribution in [3.8, 4) is 17.1 Å². The summed E-state index contributed by atoms with van der Waals surface area (Å²) in [6, 6.07) is 14.4. The summed E-state index contributed by atoms with van der Waals surface area (Å²) in [7, 11) is 0. The van der Waals surface area contributed by atoms with Crippen LogP contribution in [0.3, 0.4) is 0 Å². The highest BCUT2D eigenvalue weighted by atomic mass is 32.1. The summed E-state index contributed by atoms with van der Waals surface area (Å²) in [4.78, 5) is 28.7. The third kappa shape index (κ3) is 4.15. The Kier molecular flexibility index (Phi) is 5.71. The van der Waals surface area contributed by atoms with Crippen molar-refractivity contribution >= 4 is 23.3 Å². The molecule has 4 aromatic rings. The van der Waals surface area contributed by atoms with E-state index in [0.29, 0.717) is 22.8 Å². The van der Waals surface area contributed by atoms with Gasteiger partial charge in [0.15, 0.2) is 11.5 Å². The topological polar surface area (TPSA) is 96.5 Å². The van der Waals surface area contributed by atoms with Crippen molar-refractivity contribution in [3.63, 3.8) is 0 Å². The Morgan fingerprint density at radius 2 is 1.93 bits per heavy atom. The van der Waals surface area contributed by atoms with E-state index >= 15 is 0 Å². The number of carbonyl (C=O) groups excluding carboxylic acids is 2. The number of benzene rings is 1. The van der Waals surface area contributed by atoms with E-state index in [4.69, 9.17) is 13.9 Å². The summed E-state index contributed by atoms with van der Waals surface area (Å²) in [6.07, 6.45) is 1.54. The molecule has 0 spiro atoms. The molecule has 0 aliphatic rings. The fourth-order valence-corrected chi connectivity index (χ4v) is 3.40. The second kappa shape index (κ2) is 8.75. The molecule has 30 heavy (non-hydrogen) atoms. The van der Waals surface area contributed by atoms with Gasteiger partial charge in [0.05, 0.1) is 24.3 Å². The van der Waals surface area contributed by atoms with Gasteiger partial charge in [0.25, 0.3) is 0 Å². The second-order valence-corrected chi connectivity index (χ2v) is 6.94. The fourth-order valence-electron chi connectivity index (χ4n) is 2.71. The van der Waals surface area contributed by atoms with Gasteiger partial charge in [0.2, 0.25) is 5.01 Å². The smallest absolute Gasteiger partial charge is 0.367 e. The van der Waals surface area contributed by atoms with Crippen LogP contribution in [0.25, 0.3) is 17.1 Å². The number of thiazole rings is 1. The van der Waals surface area contributed by atoms with Crippen LogP contribution in [0.15, 0.2) is 64.6 Å². The maximum absolute atomic E-state index is 12.8. The summed E-state index contributed by atoms with van der Waals surface area (Å²) in [5, 5.41) is 6.37. The van der Waals surface area contributed by atoms with Crippen molar-refractivity contribution in [2.24, 2.45) is 0 Å². The van der Waals surface area contributed by atoms with E-state index in [0.717, 1.165) is 11.3 Å². The number of nitrogens with zero attached hydrogens (tertiary/aromatic N) is 3. The number of hydrogen-bond donors (Lipinski definition) is 0. The maximum atomic E-state index is 12.8. The molecule has 4 rings (SSSR count). The summed E-state index contributed by atoms with van der Waals surface area (Å²) in [5.74, 6) is -0.530. The lowest BCUT2D eigenvalue weighted by atomic mass is 10.3.